The molecule has 0 bridgehead atoms. The van der Waals surface area contributed by atoms with Crippen molar-refractivity contribution in [2.75, 3.05) is 12.4 Å². The molecule has 0 spiro atoms. The minimum absolute atomic E-state index is 0.0311. The minimum atomic E-state index is -4.73. The summed E-state index contributed by atoms with van der Waals surface area (Å²) in [6, 6.07) is 5.27. The molecule has 0 aliphatic carbocycles. The Bertz CT molecular complexity index is 1030. The van der Waals surface area contributed by atoms with Crippen molar-refractivity contribution in [3.63, 3.8) is 0 Å². The first kappa shape index (κ1) is 20.0. The number of aromatic nitrogens is 3. The van der Waals surface area contributed by atoms with E-state index < -0.39 is 34.9 Å². The summed E-state index contributed by atoms with van der Waals surface area (Å²) in [5.41, 5.74) is -1.44. The fraction of sp³-hybridized carbons (Fsp3) is 0.111. The lowest BCUT2D eigenvalue weighted by atomic mass is 10.1. The van der Waals surface area contributed by atoms with E-state index in [4.69, 9.17) is 9.47 Å². The van der Waals surface area contributed by atoms with Gasteiger partial charge in [-0.05, 0) is 24.3 Å². The minimum Gasteiger partial charge on any atom is -0.493 e. The molecule has 0 saturated heterocycles. The summed E-state index contributed by atoms with van der Waals surface area (Å²) in [4.78, 5) is 16.2. The van der Waals surface area contributed by atoms with E-state index in [0.717, 1.165) is 12.1 Å². The molecule has 1 aromatic carbocycles. The molecule has 1 amide bonds. The number of alkyl halides is 3. The van der Waals surface area contributed by atoms with Gasteiger partial charge in [0.15, 0.2) is 11.5 Å². The Morgan fingerprint density at radius 2 is 1.86 bits per heavy atom. The number of rotatable bonds is 5. The van der Waals surface area contributed by atoms with Crippen molar-refractivity contribution >= 4 is 11.6 Å². The standard InChI is InChI=1S/C18H12F4N4O3/c1-28-15-7-11(19)2-3-14(15)29-17-13(6-10(8-23-17)18(20,21)22)16(27)26-12-4-5-24-25-9-12/h2-9H,1H3,(H,24,26,27). The first-order valence-corrected chi connectivity index (χ1v) is 7.94. The Balaban J connectivity index is 2.01. The third-order valence-corrected chi connectivity index (χ3v) is 3.60. The zero-order valence-electron chi connectivity index (χ0n) is 14.7. The molecule has 0 aliphatic heterocycles. The Morgan fingerprint density at radius 1 is 1.07 bits per heavy atom. The number of amides is 1. The molecule has 0 unspecified atom stereocenters. The lowest BCUT2D eigenvalue weighted by Gasteiger charge is -2.14. The maximum absolute atomic E-state index is 13.4. The molecule has 29 heavy (non-hydrogen) atoms. The molecule has 1 N–H and O–H groups in total. The molecule has 11 heteroatoms. The molecule has 150 valence electrons. The smallest absolute Gasteiger partial charge is 0.417 e. The van der Waals surface area contributed by atoms with Crippen molar-refractivity contribution in [1.29, 1.82) is 0 Å². The number of methoxy groups -OCH3 is 1. The summed E-state index contributed by atoms with van der Waals surface area (Å²) in [5, 5.41) is 9.49. The third kappa shape index (κ3) is 4.75. The number of carbonyl (C=O) groups excluding carboxylic acids is 1. The van der Waals surface area contributed by atoms with Gasteiger partial charge in [0.25, 0.3) is 5.91 Å². The molecule has 7 nitrogen and oxygen atoms in total. The van der Waals surface area contributed by atoms with E-state index in [2.05, 4.69) is 20.5 Å². The van der Waals surface area contributed by atoms with Crippen LogP contribution in [-0.4, -0.2) is 28.2 Å². The van der Waals surface area contributed by atoms with Crippen LogP contribution in [0.1, 0.15) is 15.9 Å². The van der Waals surface area contributed by atoms with Crippen LogP contribution in [0, 0.1) is 5.82 Å². The maximum Gasteiger partial charge on any atom is 0.417 e. The molecule has 2 aromatic heterocycles. The number of nitrogens with zero attached hydrogens (tertiary/aromatic N) is 3. The Hall–Kier alpha value is -3.76. The second-order valence-corrected chi connectivity index (χ2v) is 5.56. The normalized spacial score (nSPS) is 11.1. The molecule has 3 rings (SSSR count). The number of pyridine rings is 1. The second kappa shape index (κ2) is 8.09. The van der Waals surface area contributed by atoms with Gasteiger partial charge in [-0.1, -0.05) is 0 Å². The van der Waals surface area contributed by atoms with Gasteiger partial charge in [-0.3, -0.25) is 4.79 Å². The maximum atomic E-state index is 13.4. The molecular weight excluding hydrogens is 396 g/mol. The lowest BCUT2D eigenvalue weighted by Crippen LogP contribution is -2.16. The number of ether oxygens (including phenoxy) is 2. The van der Waals surface area contributed by atoms with E-state index >= 15 is 0 Å². The quantitative estimate of drug-likeness (QED) is 0.641. The number of benzene rings is 1. The van der Waals surface area contributed by atoms with Crippen molar-refractivity contribution in [2.45, 2.75) is 6.18 Å². The number of carbonyl (C=O) groups is 1. The third-order valence-electron chi connectivity index (χ3n) is 3.60. The van der Waals surface area contributed by atoms with Crippen molar-refractivity contribution in [3.05, 3.63) is 65.9 Å². The SMILES string of the molecule is COc1cc(F)ccc1Oc1ncc(C(F)(F)F)cc1C(=O)Nc1ccnnc1. The van der Waals surface area contributed by atoms with Crippen LogP contribution >= 0.6 is 0 Å². The number of nitrogens with one attached hydrogen (secondary N) is 1. The van der Waals surface area contributed by atoms with E-state index in [-0.39, 0.29) is 17.2 Å². The molecule has 0 aliphatic rings. The van der Waals surface area contributed by atoms with Crippen molar-refractivity contribution in [3.8, 4) is 17.4 Å². The van der Waals surface area contributed by atoms with Gasteiger partial charge in [0.2, 0.25) is 5.88 Å². The van der Waals surface area contributed by atoms with Crippen LogP contribution in [0.3, 0.4) is 0 Å². The highest BCUT2D eigenvalue weighted by Gasteiger charge is 2.33. The van der Waals surface area contributed by atoms with Crippen molar-refractivity contribution in [1.82, 2.24) is 15.2 Å². The van der Waals surface area contributed by atoms with Crippen LogP contribution in [0.15, 0.2) is 48.9 Å². The van der Waals surface area contributed by atoms with E-state index in [1.807, 2.05) is 0 Å². The summed E-state index contributed by atoms with van der Waals surface area (Å²) in [7, 11) is 1.26. The van der Waals surface area contributed by atoms with Gasteiger partial charge in [-0.15, -0.1) is 0 Å². The Kier molecular flexibility index (Phi) is 5.57. The summed E-state index contributed by atoms with van der Waals surface area (Å²) in [6.45, 7) is 0. The van der Waals surface area contributed by atoms with E-state index in [1.54, 1.807) is 0 Å². The monoisotopic (exact) mass is 408 g/mol. The molecule has 0 atom stereocenters. The zero-order valence-corrected chi connectivity index (χ0v) is 14.7. The summed E-state index contributed by atoms with van der Waals surface area (Å²) < 4.78 is 63.1. The fourth-order valence-electron chi connectivity index (χ4n) is 2.24. The number of anilines is 1. The van der Waals surface area contributed by atoms with Crippen LogP contribution in [0.25, 0.3) is 0 Å². The van der Waals surface area contributed by atoms with Gasteiger partial charge < -0.3 is 14.8 Å². The van der Waals surface area contributed by atoms with Crippen LogP contribution in [-0.2, 0) is 6.18 Å². The predicted molar refractivity (Wildman–Crippen MR) is 92.3 cm³/mol. The van der Waals surface area contributed by atoms with Crippen LogP contribution in [0.2, 0.25) is 0 Å². The second-order valence-electron chi connectivity index (χ2n) is 5.56. The molecule has 0 saturated carbocycles. The van der Waals surface area contributed by atoms with Gasteiger partial charge in [0.05, 0.1) is 30.8 Å². The largest absolute Gasteiger partial charge is 0.493 e. The van der Waals surface area contributed by atoms with Crippen LogP contribution in [0.4, 0.5) is 23.2 Å². The average Bonchev–Trinajstić information content (AvgIpc) is 2.69. The number of hydrogen-bond acceptors (Lipinski definition) is 6. The summed E-state index contributed by atoms with van der Waals surface area (Å²) >= 11 is 0. The molecular formula is C18H12F4N4O3. The van der Waals surface area contributed by atoms with Gasteiger partial charge in [0, 0.05) is 12.3 Å². The average molecular weight is 408 g/mol. The van der Waals surface area contributed by atoms with Crippen LogP contribution in [0.5, 0.6) is 17.4 Å². The van der Waals surface area contributed by atoms with Crippen LogP contribution < -0.4 is 14.8 Å². The Morgan fingerprint density at radius 3 is 2.52 bits per heavy atom. The predicted octanol–water partition coefficient (Wildman–Crippen LogP) is 4.08. The summed E-state index contributed by atoms with van der Waals surface area (Å²) in [5.74, 6) is -2.04. The van der Waals surface area contributed by atoms with Gasteiger partial charge in [-0.25, -0.2) is 9.37 Å². The fourth-order valence-corrected chi connectivity index (χ4v) is 2.24. The highest BCUT2D eigenvalue weighted by Crippen LogP contribution is 2.35. The number of hydrogen-bond donors (Lipinski definition) is 1. The number of halogens is 4. The molecule has 3 aromatic rings. The Labute approximate surface area is 161 Å². The van der Waals surface area contributed by atoms with Crippen molar-refractivity contribution < 1.29 is 31.8 Å². The molecule has 0 radical (unpaired) electrons. The first-order chi connectivity index (χ1) is 13.8. The van der Waals surface area contributed by atoms with E-state index in [0.29, 0.717) is 12.3 Å². The van der Waals surface area contributed by atoms with Crippen molar-refractivity contribution in [2.24, 2.45) is 0 Å². The van der Waals surface area contributed by atoms with Gasteiger partial charge in [-0.2, -0.15) is 23.4 Å². The topological polar surface area (TPSA) is 86.2 Å². The van der Waals surface area contributed by atoms with E-state index in [9.17, 15) is 22.4 Å². The van der Waals surface area contributed by atoms with Gasteiger partial charge >= 0.3 is 6.18 Å². The first-order valence-electron chi connectivity index (χ1n) is 7.94. The highest BCUT2D eigenvalue weighted by molar-refractivity contribution is 6.05. The molecule has 0 fully saturated rings. The lowest BCUT2D eigenvalue weighted by molar-refractivity contribution is -0.137. The molecule has 2 heterocycles. The zero-order chi connectivity index (χ0) is 21.0. The summed E-state index contributed by atoms with van der Waals surface area (Å²) in [6.07, 6.45) is -1.70. The van der Waals surface area contributed by atoms with Gasteiger partial charge in [0.1, 0.15) is 11.4 Å². The highest BCUT2D eigenvalue weighted by atomic mass is 19.4. The van der Waals surface area contributed by atoms with E-state index in [1.165, 1.54) is 31.6 Å².